The third-order valence-corrected chi connectivity index (χ3v) is 3.62. The number of halogens is 1. The Bertz CT molecular complexity index is 978. The summed E-state index contributed by atoms with van der Waals surface area (Å²) < 4.78 is 15.7. The number of hydrogen-bond donors (Lipinski definition) is 2. The van der Waals surface area contributed by atoms with Gasteiger partial charge in [-0.3, -0.25) is 0 Å². The Morgan fingerprint density at radius 2 is 2.12 bits per heavy atom. The van der Waals surface area contributed by atoms with E-state index in [1.54, 1.807) is 41.0 Å². The molecule has 0 aliphatic heterocycles. The van der Waals surface area contributed by atoms with Crippen LogP contribution in [0.5, 0.6) is 0 Å². The van der Waals surface area contributed by atoms with Crippen LogP contribution in [0.15, 0.2) is 42.6 Å². The van der Waals surface area contributed by atoms with Crippen molar-refractivity contribution >= 4 is 11.5 Å². The molecule has 0 amide bonds. The van der Waals surface area contributed by atoms with E-state index in [1.807, 2.05) is 6.92 Å². The summed E-state index contributed by atoms with van der Waals surface area (Å²) in [7, 11) is 0. The van der Waals surface area contributed by atoms with Gasteiger partial charge in [0.25, 0.3) is 0 Å². The summed E-state index contributed by atoms with van der Waals surface area (Å²) >= 11 is 0. The summed E-state index contributed by atoms with van der Waals surface area (Å²) in [5, 5.41) is 21.4. The minimum absolute atomic E-state index is 0.216. The number of nitrogens with zero attached hydrogens (tertiary/aromatic N) is 6. The van der Waals surface area contributed by atoms with Crippen LogP contribution in [0.1, 0.15) is 18.8 Å². The molecule has 0 saturated carbocycles. The molecule has 1 atom stereocenters. The summed E-state index contributed by atoms with van der Waals surface area (Å²) in [6.45, 7) is 1.89. The second-order valence-corrected chi connectivity index (χ2v) is 5.24. The number of H-pyrrole nitrogens is 1. The standard InChI is InChI=1S/C15H13FN8/c1-9(15-20-22-23-21-15)18-14-8-12(10-4-2-3-5-11(10)16)19-13-6-7-17-24(13)14/h2-9,18H,1H3,(H,20,21,22,23)/t9-/m1/s1. The van der Waals surface area contributed by atoms with Crippen LogP contribution in [0.2, 0.25) is 0 Å². The first-order chi connectivity index (χ1) is 11.7. The highest BCUT2D eigenvalue weighted by atomic mass is 19.1. The highest BCUT2D eigenvalue weighted by molar-refractivity contribution is 5.67. The molecule has 0 radical (unpaired) electrons. The van der Waals surface area contributed by atoms with Crippen LogP contribution in [0, 0.1) is 5.82 Å². The number of tetrazole rings is 1. The van der Waals surface area contributed by atoms with Crippen LogP contribution in [-0.4, -0.2) is 35.2 Å². The van der Waals surface area contributed by atoms with Gasteiger partial charge in [-0.2, -0.15) is 14.8 Å². The molecule has 1 aromatic carbocycles. The molecule has 0 aliphatic rings. The second kappa shape index (κ2) is 5.69. The first-order valence-electron chi connectivity index (χ1n) is 7.32. The largest absolute Gasteiger partial charge is 0.360 e. The molecule has 9 heteroatoms. The number of aromatic amines is 1. The van der Waals surface area contributed by atoms with Gasteiger partial charge in [-0.1, -0.05) is 17.3 Å². The van der Waals surface area contributed by atoms with Crippen LogP contribution >= 0.6 is 0 Å². The van der Waals surface area contributed by atoms with E-state index in [0.717, 1.165) is 0 Å². The maximum Gasteiger partial charge on any atom is 0.196 e. The Morgan fingerprint density at radius 1 is 1.25 bits per heavy atom. The molecule has 0 spiro atoms. The van der Waals surface area contributed by atoms with Gasteiger partial charge in [0, 0.05) is 17.7 Å². The SMILES string of the molecule is C[C@@H](Nc1cc(-c2ccccc2F)nc2ccnn12)c1nn[nH]n1. The molecule has 4 aromatic rings. The lowest BCUT2D eigenvalue weighted by atomic mass is 10.1. The van der Waals surface area contributed by atoms with Crippen molar-refractivity contribution in [1.82, 2.24) is 35.2 Å². The van der Waals surface area contributed by atoms with Crippen LogP contribution < -0.4 is 5.32 Å². The van der Waals surface area contributed by atoms with Gasteiger partial charge in [0.05, 0.1) is 17.9 Å². The smallest absolute Gasteiger partial charge is 0.196 e. The molecule has 0 unspecified atom stereocenters. The van der Waals surface area contributed by atoms with E-state index in [1.165, 1.54) is 6.07 Å². The maximum absolute atomic E-state index is 14.1. The fourth-order valence-electron chi connectivity index (χ4n) is 2.46. The molecule has 4 rings (SSSR count). The van der Waals surface area contributed by atoms with Gasteiger partial charge in [-0.05, 0) is 19.1 Å². The summed E-state index contributed by atoms with van der Waals surface area (Å²) in [6, 6.07) is 9.81. The number of aromatic nitrogens is 7. The van der Waals surface area contributed by atoms with Crippen molar-refractivity contribution in [3.8, 4) is 11.3 Å². The van der Waals surface area contributed by atoms with Crippen molar-refractivity contribution < 1.29 is 4.39 Å². The fourth-order valence-corrected chi connectivity index (χ4v) is 2.46. The zero-order valence-electron chi connectivity index (χ0n) is 12.7. The molecule has 120 valence electrons. The molecule has 24 heavy (non-hydrogen) atoms. The van der Waals surface area contributed by atoms with E-state index in [-0.39, 0.29) is 11.9 Å². The van der Waals surface area contributed by atoms with Gasteiger partial charge in [-0.25, -0.2) is 9.37 Å². The molecule has 0 aliphatic carbocycles. The molecule has 0 saturated heterocycles. The number of hydrogen-bond acceptors (Lipinski definition) is 6. The van der Waals surface area contributed by atoms with Gasteiger partial charge in [0.15, 0.2) is 11.5 Å². The highest BCUT2D eigenvalue weighted by Gasteiger charge is 2.15. The average Bonchev–Trinajstić information content (AvgIpc) is 3.26. The minimum atomic E-state index is -0.328. The van der Waals surface area contributed by atoms with Crippen LogP contribution in [0.3, 0.4) is 0 Å². The molecule has 0 fully saturated rings. The van der Waals surface area contributed by atoms with Gasteiger partial charge < -0.3 is 5.32 Å². The topological polar surface area (TPSA) is 96.7 Å². The second-order valence-electron chi connectivity index (χ2n) is 5.24. The quantitative estimate of drug-likeness (QED) is 0.597. The summed E-state index contributed by atoms with van der Waals surface area (Å²) in [4.78, 5) is 4.47. The molecular weight excluding hydrogens is 311 g/mol. The van der Waals surface area contributed by atoms with Crippen molar-refractivity contribution in [1.29, 1.82) is 0 Å². The van der Waals surface area contributed by atoms with Crippen LogP contribution in [0.25, 0.3) is 16.9 Å². The zero-order chi connectivity index (χ0) is 16.5. The zero-order valence-corrected chi connectivity index (χ0v) is 12.7. The van der Waals surface area contributed by atoms with Crippen molar-refractivity contribution in [3.05, 3.63) is 54.2 Å². The van der Waals surface area contributed by atoms with Crippen molar-refractivity contribution in [2.75, 3.05) is 5.32 Å². The molecule has 3 aromatic heterocycles. The number of rotatable bonds is 4. The van der Waals surface area contributed by atoms with Gasteiger partial charge in [-0.15, -0.1) is 10.2 Å². The van der Waals surface area contributed by atoms with E-state index in [2.05, 4.69) is 36.0 Å². The molecule has 0 bridgehead atoms. The first-order valence-corrected chi connectivity index (χ1v) is 7.32. The normalized spacial score (nSPS) is 12.4. The Kier molecular flexibility index (Phi) is 3.38. The number of nitrogens with one attached hydrogen (secondary N) is 2. The van der Waals surface area contributed by atoms with Crippen molar-refractivity contribution in [2.45, 2.75) is 13.0 Å². The van der Waals surface area contributed by atoms with Gasteiger partial charge >= 0.3 is 0 Å². The van der Waals surface area contributed by atoms with E-state index in [4.69, 9.17) is 0 Å². The highest BCUT2D eigenvalue weighted by Crippen LogP contribution is 2.26. The molecular formula is C15H13FN8. The number of benzene rings is 1. The summed E-state index contributed by atoms with van der Waals surface area (Å²) in [5.41, 5.74) is 1.55. The Labute approximate surface area is 135 Å². The Morgan fingerprint density at radius 3 is 2.92 bits per heavy atom. The van der Waals surface area contributed by atoms with E-state index < -0.39 is 0 Å². The molecule has 3 heterocycles. The van der Waals surface area contributed by atoms with E-state index in [9.17, 15) is 4.39 Å². The first kappa shape index (κ1) is 14.2. The van der Waals surface area contributed by atoms with Crippen LogP contribution in [-0.2, 0) is 0 Å². The third kappa shape index (κ3) is 2.45. The lowest BCUT2D eigenvalue weighted by Crippen LogP contribution is -2.12. The number of anilines is 1. The summed E-state index contributed by atoms with van der Waals surface area (Å²) in [5.74, 6) is 0.839. The van der Waals surface area contributed by atoms with Crippen molar-refractivity contribution in [2.24, 2.45) is 0 Å². The predicted molar refractivity (Wildman–Crippen MR) is 84.6 cm³/mol. The monoisotopic (exact) mass is 324 g/mol. The minimum Gasteiger partial charge on any atom is -0.360 e. The molecule has 8 nitrogen and oxygen atoms in total. The Balaban J connectivity index is 1.80. The lowest BCUT2D eigenvalue weighted by Gasteiger charge is -2.14. The maximum atomic E-state index is 14.1. The van der Waals surface area contributed by atoms with E-state index in [0.29, 0.717) is 28.5 Å². The van der Waals surface area contributed by atoms with E-state index >= 15 is 0 Å². The van der Waals surface area contributed by atoms with Gasteiger partial charge in [0.1, 0.15) is 11.6 Å². The lowest BCUT2D eigenvalue weighted by molar-refractivity contribution is 0.630. The Hall–Kier alpha value is -3.36. The summed E-state index contributed by atoms with van der Waals surface area (Å²) in [6.07, 6.45) is 1.64. The van der Waals surface area contributed by atoms with Gasteiger partial charge in [0.2, 0.25) is 0 Å². The molecule has 2 N–H and O–H groups in total. The van der Waals surface area contributed by atoms with Crippen molar-refractivity contribution in [3.63, 3.8) is 0 Å². The number of fused-ring (bicyclic) bond motifs is 1. The van der Waals surface area contributed by atoms with Crippen LogP contribution in [0.4, 0.5) is 10.2 Å². The predicted octanol–water partition coefficient (Wildman–Crippen LogP) is 2.22. The average molecular weight is 324 g/mol. The third-order valence-electron chi connectivity index (χ3n) is 3.62. The fraction of sp³-hybridized carbons (Fsp3) is 0.133.